The van der Waals surface area contributed by atoms with Gasteiger partial charge in [-0.2, -0.15) is 4.37 Å². The number of nitrogens with two attached hydrogens (primary N) is 1. The highest BCUT2D eigenvalue weighted by Crippen LogP contribution is 2.27. The Hall–Kier alpha value is -2.15. The van der Waals surface area contributed by atoms with E-state index in [-0.39, 0.29) is 5.84 Å². The maximum absolute atomic E-state index is 8.79. The minimum Gasteiger partial charge on any atom is -0.409 e. The van der Waals surface area contributed by atoms with Gasteiger partial charge in [0.15, 0.2) is 5.84 Å². The second-order valence-corrected chi connectivity index (χ2v) is 4.42. The van der Waals surface area contributed by atoms with Gasteiger partial charge in [0.25, 0.3) is 0 Å². The smallest absolute Gasteiger partial charge is 0.209 e. The van der Waals surface area contributed by atoms with Gasteiger partial charge in [0.05, 0.1) is 5.69 Å². The molecule has 0 spiro atoms. The van der Waals surface area contributed by atoms with E-state index < -0.39 is 0 Å². The van der Waals surface area contributed by atoms with Gasteiger partial charge < -0.3 is 15.8 Å². The topological polar surface area (TPSA) is 87.6 Å². The maximum atomic E-state index is 8.79. The van der Waals surface area contributed by atoms with E-state index in [0.29, 0.717) is 5.56 Å². The minimum absolute atomic E-state index is 0.0682. The Labute approximate surface area is 109 Å². The van der Waals surface area contributed by atoms with Crippen LogP contribution in [0.15, 0.2) is 29.4 Å². The summed E-state index contributed by atoms with van der Waals surface area (Å²) >= 11 is 1.30. The average molecular weight is 263 g/mol. The van der Waals surface area contributed by atoms with Crippen LogP contribution in [0.2, 0.25) is 0 Å². The molecule has 7 heteroatoms. The maximum Gasteiger partial charge on any atom is 0.209 e. The Morgan fingerprint density at radius 1 is 1.44 bits per heavy atom. The highest BCUT2D eigenvalue weighted by molar-refractivity contribution is 7.09. The lowest BCUT2D eigenvalue weighted by atomic mass is 10.1. The van der Waals surface area contributed by atoms with E-state index in [0.717, 1.165) is 16.6 Å². The molecule has 3 N–H and O–H groups in total. The van der Waals surface area contributed by atoms with Crippen LogP contribution >= 0.6 is 11.5 Å². The van der Waals surface area contributed by atoms with E-state index in [2.05, 4.69) is 14.5 Å². The third-order valence-electron chi connectivity index (χ3n) is 2.45. The van der Waals surface area contributed by atoms with Crippen molar-refractivity contribution < 1.29 is 5.21 Å². The van der Waals surface area contributed by atoms with Crippen LogP contribution in [0.4, 0.5) is 10.8 Å². The summed E-state index contributed by atoms with van der Waals surface area (Å²) in [5, 5.41) is 12.6. The lowest BCUT2D eigenvalue weighted by Gasteiger charge is -2.18. The zero-order chi connectivity index (χ0) is 13.1. The molecule has 1 aromatic heterocycles. The van der Waals surface area contributed by atoms with Gasteiger partial charge in [-0.15, -0.1) is 0 Å². The van der Waals surface area contributed by atoms with Crippen molar-refractivity contribution in [3.8, 4) is 0 Å². The van der Waals surface area contributed by atoms with Gasteiger partial charge in [0.1, 0.15) is 5.82 Å². The molecule has 0 saturated carbocycles. The largest absolute Gasteiger partial charge is 0.409 e. The van der Waals surface area contributed by atoms with Gasteiger partial charge in [0.2, 0.25) is 5.13 Å². The van der Waals surface area contributed by atoms with Crippen LogP contribution in [0.5, 0.6) is 0 Å². The number of hydrogen-bond donors (Lipinski definition) is 2. The lowest BCUT2D eigenvalue weighted by Crippen LogP contribution is -2.19. The van der Waals surface area contributed by atoms with Crippen LogP contribution in [0.25, 0.3) is 0 Å². The Morgan fingerprint density at radius 3 is 2.78 bits per heavy atom. The number of amidine groups is 1. The van der Waals surface area contributed by atoms with Gasteiger partial charge in [-0.05, 0) is 19.1 Å². The Bertz CT molecular complexity index is 580. The van der Waals surface area contributed by atoms with Crippen molar-refractivity contribution in [1.82, 2.24) is 9.36 Å². The highest BCUT2D eigenvalue weighted by atomic mass is 32.1. The van der Waals surface area contributed by atoms with E-state index in [9.17, 15) is 0 Å². The highest BCUT2D eigenvalue weighted by Gasteiger charge is 2.14. The summed E-state index contributed by atoms with van der Waals surface area (Å²) in [4.78, 5) is 6.16. The molecule has 2 rings (SSSR count). The third-order valence-corrected chi connectivity index (χ3v) is 3.34. The summed E-state index contributed by atoms with van der Waals surface area (Å²) in [7, 11) is 1.86. The summed E-state index contributed by atoms with van der Waals surface area (Å²) < 4.78 is 4.14. The number of aromatic nitrogens is 2. The molecule has 0 radical (unpaired) electrons. The molecule has 6 nitrogen and oxygen atoms in total. The molecule has 0 aliphatic rings. The molecule has 0 aliphatic carbocycles. The van der Waals surface area contributed by atoms with Gasteiger partial charge in [-0.3, -0.25) is 0 Å². The molecule has 94 valence electrons. The van der Waals surface area contributed by atoms with Crippen LogP contribution in [-0.4, -0.2) is 27.4 Å². The Kier molecular flexibility index (Phi) is 3.42. The fourth-order valence-electron chi connectivity index (χ4n) is 1.56. The van der Waals surface area contributed by atoms with Crippen LogP contribution in [0.3, 0.4) is 0 Å². The first kappa shape index (κ1) is 12.3. The molecular formula is C11H13N5OS. The summed E-state index contributed by atoms with van der Waals surface area (Å²) in [6.07, 6.45) is 0. The van der Waals surface area contributed by atoms with E-state index in [1.165, 1.54) is 11.5 Å². The summed E-state index contributed by atoms with van der Waals surface area (Å²) in [6, 6.07) is 7.38. The van der Waals surface area contributed by atoms with Gasteiger partial charge in [0, 0.05) is 24.1 Å². The van der Waals surface area contributed by atoms with Gasteiger partial charge >= 0.3 is 0 Å². The minimum atomic E-state index is 0.0682. The van der Waals surface area contributed by atoms with Crippen molar-refractivity contribution in [2.75, 3.05) is 11.9 Å². The Balaban J connectivity index is 2.45. The number of anilines is 2. The van der Waals surface area contributed by atoms with Crippen LogP contribution in [0, 0.1) is 6.92 Å². The number of oxime groups is 1. The molecule has 0 unspecified atom stereocenters. The van der Waals surface area contributed by atoms with Crippen molar-refractivity contribution in [2.45, 2.75) is 6.92 Å². The molecule has 1 aromatic carbocycles. The zero-order valence-corrected chi connectivity index (χ0v) is 10.8. The van der Waals surface area contributed by atoms with Gasteiger partial charge in [-0.25, -0.2) is 4.98 Å². The molecule has 0 amide bonds. The Morgan fingerprint density at radius 2 is 2.17 bits per heavy atom. The summed E-state index contributed by atoms with van der Waals surface area (Å²) in [5.41, 5.74) is 7.11. The van der Waals surface area contributed by atoms with Crippen molar-refractivity contribution in [3.05, 3.63) is 35.7 Å². The predicted octanol–water partition coefficient (Wildman–Crippen LogP) is 1.71. The number of nitrogens with zero attached hydrogens (tertiary/aromatic N) is 4. The standard InChI is InChI=1S/C11H13N5OS/c1-7-13-11(18-15-7)16(2)9-6-4-3-5-8(9)10(12)14-17/h3-6,17H,1-2H3,(H2,12,14). The van der Waals surface area contributed by atoms with Crippen LogP contribution in [0.1, 0.15) is 11.4 Å². The third kappa shape index (κ3) is 2.25. The van der Waals surface area contributed by atoms with E-state index in [1.54, 1.807) is 6.07 Å². The zero-order valence-electron chi connectivity index (χ0n) is 10.0. The quantitative estimate of drug-likeness (QED) is 0.381. The van der Waals surface area contributed by atoms with E-state index >= 15 is 0 Å². The number of hydrogen-bond acceptors (Lipinski definition) is 6. The van der Waals surface area contributed by atoms with Crippen molar-refractivity contribution in [2.24, 2.45) is 10.9 Å². The molecule has 18 heavy (non-hydrogen) atoms. The number of aryl methyl sites for hydroxylation is 1. The SMILES string of the molecule is Cc1nsc(N(C)c2ccccc2C(N)=NO)n1. The second-order valence-electron chi connectivity index (χ2n) is 3.69. The molecule has 0 bridgehead atoms. The molecule has 2 aromatic rings. The number of benzene rings is 1. The first-order chi connectivity index (χ1) is 8.63. The summed E-state index contributed by atoms with van der Waals surface area (Å²) in [5.74, 6) is 0.793. The predicted molar refractivity (Wildman–Crippen MR) is 71.7 cm³/mol. The van der Waals surface area contributed by atoms with Crippen LogP contribution < -0.4 is 10.6 Å². The average Bonchev–Trinajstić information content (AvgIpc) is 2.83. The monoisotopic (exact) mass is 263 g/mol. The van der Waals surface area contributed by atoms with Crippen molar-refractivity contribution in [1.29, 1.82) is 0 Å². The first-order valence-corrected chi connectivity index (χ1v) is 6.01. The molecule has 1 heterocycles. The van der Waals surface area contributed by atoms with E-state index in [1.807, 2.05) is 37.1 Å². The fraction of sp³-hybridized carbons (Fsp3) is 0.182. The first-order valence-electron chi connectivity index (χ1n) is 5.24. The van der Waals surface area contributed by atoms with Crippen molar-refractivity contribution in [3.63, 3.8) is 0 Å². The molecule has 0 atom stereocenters. The van der Waals surface area contributed by atoms with Crippen LogP contribution in [-0.2, 0) is 0 Å². The second kappa shape index (κ2) is 5.01. The lowest BCUT2D eigenvalue weighted by molar-refractivity contribution is 0.318. The molecular weight excluding hydrogens is 250 g/mol. The van der Waals surface area contributed by atoms with E-state index in [4.69, 9.17) is 10.9 Å². The fourth-order valence-corrected chi connectivity index (χ4v) is 2.21. The summed E-state index contributed by atoms with van der Waals surface area (Å²) in [6.45, 7) is 1.84. The normalized spacial score (nSPS) is 11.6. The van der Waals surface area contributed by atoms with Gasteiger partial charge in [-0.1, -0.05) is 17.3 Å². The van der Waals surface area contributed by atoms with Crippen molar-refractivity contribution >= 4 is 28.2 Å². The number of rotatable bonds is 3. The molecule has 0 fully saturated rings. The number of para-hydroxylation sites is 1. The molecule has 0 saturated heterocycles. The molecule has 0 aliphatic heterocycles.